The molecule has 0 radical (unpaired) electrons. The first-order chi connectivity index (χ1) is 20.2. The van der Waals surface area contributed by atoms with E-state index in [4.69, 9.17) is 22.1 Å². The van der Waals surface area contributed by atoms with Gasteiger partial charge in [-0.2, -0.15) is 0 Å². The highest BCUT2D eigenvalue weighted by molar-refractivity contribution is 7.88. The lowest BCUT2D eigenvalue weighted by molar-refractivity contribution is -0.149. The monoisotopic (exact) mass is 619 g/mol. The van der Waals surface area contributed by atoms with Gasteiger partial charge in [0, 0.05) is 44.2 Å². The lowest BCUT2D eigenvalue weighted by Crippen LogP contribution is -2.62. The Balaban J connectivity index is 1.40. The second-order valence-corrected chi connectivity index (χ2v) is 12.7. The molecule has 4 rings (SSSR count). The summed E-state index contributed by atoms with van der Waals surface area (Å²) in [7, 11) is -3.90. The number of benzene rings is 2. The number of likely N-dealkylation sites (tertiary alicyclic amines) is 1. The molecule has 42 heavy (non-hydrogen) atoms. The van der Waals surface area contributed by atoms with Crippen molar-refractivity contribution >= 4 is 39.3 Å². The molecule has 0 spiro atoms. The van der Waals surface area contributed by atoms with Crippen LogP contribution in [0.15, 0.2) is 48.5 Å². The molecule has 2 fully saturated rings. The van der Waals surface area contributed by atoms with Crippen molar-refractivity contribution in [1.29, 1.82) is 0 Å². The maximum Gasteiger partial charge on any atom is 0.243 e. The number of morpholine rings is 1. The van der Waals surface area contributed by atoms with Crippen molar-refractivity contribution in [3.63, 3.8) is 0 Å². The summed E-state index contributed by atoms with van der Waals surface area (Å²) in [5.41, 5.74) is 8.02. The molecule has 0 bridgehead atoms. The SMILES string of the molecule is NCc1ccc(Cl)cc1CNC(=O)[C@@H]1CCN1C(=O)[C@@H](CCCC(=O)N1CCOCC1)NS(=O)(=O)Cc1ccccc1. The van der Waals surface area contributed by atoms with Gasteiger partial charge in [-0.3, -0.25) is 14.4 Å². The minimum absolute atomic E-state index is 0.0595. The van der Waals surface area contributed by atoms with Gasteiger partial charge in [0.05, 0.1) is 19.0 Å². The maximum atomic E-state index is 13.6. The average molecular weight is 620 g/mol. The number of hydrogen-bond donors (Lipinski definition) is 3. The fourth-order valence-corrected chi connectivity index (χ4v) is 6.66. The van der Waals surface area contributed by atoms with Crippen LogP contribution in [0.2, 0.25) is 5.02 Å². The van der Waals surface area contributed by atoms with Gasteiger partial charge < -0.3 is 25.6 Å². The first-order valence-corrected chi connectivity index (χ1v) is 16.1. The Bertz CT molecular complexity index is 1350. The molecule has 2 heterocycles. The number of nitrogens with one attached hydrogen (secondary N) is 2. The number of amides is 3. The van der Waals surface area contributed by atoms with E-state index in [2.05, 4.69) is 10.0 Å². The van der Waals surface area contributed by atoms with Crippen LogP contribution in [-0.4, -0.2) is 80.9 Å². The van der Waals surface area contributed by atoms with Gasteiger partial charge in [0.1, 0.15) is 12.1 Å². The molecule has 11 nitrogen and oxygen atoms in total. The molecule has 13 heteroatoms. The molecule has 0 aromatic heterocycles. The Morgan fingerprint density at radius 1 is 1.05 bits per heavy atom. The molecule has 2 aromatic rings. The quantitative estimate of drug-likeness (QED) is 0.308. The van der Waals surface area contributed by atoms with Gasteiger partial charge in [0.15, 0.2) is 0 Å². The van der Waals surface area contributed by atoms with E-state index in [9.17, 15) is 22.8 Å². The molecule has 3 amide bonds. The van der Waals surface area contributed by atoms with Crippen molar-refractivity contribution in [3.8, 4) is 0 Å². The van der Waals surface area contributed by atoms with Gasteiger partial charge in [-0.25, -0.2) is 13.1 Å². The van der Waals surface area contributed by atoms with E-state index in [1.165, 1.54) is 4.90 Å². The number of rotatable bonds is 13. The van der Waals surface area contributed by atoms with Crippen LogP contribution in [0.25, 0.3) is 0 Å². The number of nitrogens with zero attached hydrogens (tertiary/aromatic N) is 2. The molecule has 2 atom stereocenters. The first-order valence-electron chi connectivity index (χ1n) is 14.1. The van der Waals surface area contributed by atoms with E-state index in [0.29, 0.717) is 56.3 Å². The summed E-state index contributed by atoms with van der Waals surface area (Å²) in [6, 6.07) is 12.1. The second-order valence-electron chi connectivity index (χ2n) is 10.5. The summed E-state index contributed by atoms with van der Waals surface area (Å²) in [5, 5.41) is 3.38. The van der Waals surface area contributed by atoms with Crippen LogP contribution in [0, 0.1) is 0 Å². The summed E-state index contributed by atoms with van der Waals surface area (Å²) in [5.74, 6) is -1.18. The largest absolute Gasteiger partial charge is 0.378 e. The highest BCUT2D eigenvalue weighted by Gasteiger charge is 2.41. The molecular weight excluding hydrogens is 582 g/mol. The fraction of sp³-hybridized carbons (Fsp3) is 0.483. The van der Waals surface area contributed by atoms with E-state index < -0.39 is 28.0 Å². The molecule has 228 valence electrons. The van der Waals surface area contributed by atoms with Crippen molar-refractivity contribution < 1.29 is 27.5 Å². The second kappa shape index (κ2) is 14.9. The third kappa shape index (κ3) is 8.74. The summed E-state index contributed by atoms with van der Waals surface area (Å²) in [6.45, 7) is 2.79. The van der Waals surface area contributed by atoms with E-state index in [0.717, 1.165) is 11.1 Å². The lowest BCUT2D eigenvalue weighted by Gasteiger charge is -2.41. The van der Waals surface area contributed by atoms with E-state index in [1.54, 1.807) is 53.4 Å². The molecular formula is C29H38ClN5O6S. The minimum atomic E-state index is -3.90. The summed E-state index contributed by atoms with van der Waals surface area (Å²) < 4.78 is 34.0. The third-order valence-corrected chi connectivity index (χ3v) is 9.11. The fourth-order valence-electron chi connectivity index (χ4n) is 5.10. The predicted octanol–water partition coefficient (Wildman–Crippen LogP) is 1.53. The molecule has 2 aromatic carbocycles. The predicted molar refractivity (Wildman–Crippen MR) is 159 cm³/mol. The van der Waals surface area contributed by atoms with Crippen molar-refractivity contribution in [2.45, 2.75) is 56.6 Å². The number of carbonyl (C=O) groups excluding carboxylic acids is 3. The van der Waals surface area contributed by atoms with Crippen molar-refractivity contribution in [3.05, 3.63) is 70.2 Å². The van der Waals surface area contributed by atoms with Crippen LogP contribution in [0.3, 0.4) is 0 Å². The molecule has 0 aliphatic carbocycles. The van der Waals surface area contributed by atoms with E-state index in [-0.39, 0.29) is 43.5 Å². The number of carbonyl (C=O) groups is 3. The average Bonchev–Trinajstić information content (AvgIpc) is 2.95. The van der Waals surface area contributed by atoms with Gasteiger partial charge >= 0.3 is 0 Å². The first kappa shape index (κ1) is 31.9. The number of hydrogen-bond acceptors (Lipinski definition) is 7. The summed E-state index contributed by atoms with van der Waals surface area (Å²) >= 11 is 6.11. The van der Waals surface area contributed by atoms with Crippen LogP contribution < -0.4 is 15.8 Å². The lowest BCUT2D eigenvalue weighted by atomic mass is 9.98. The molecule has 2 saturated heterocycles. The summed E-state index contributed by atoms with van der Waals surface area (Å²) in [6.07, 6.45) is 1.06. The van der Waals surface area contributed by atoms with Crippen molar-refractivity contribution in [2.75, 3.05) is 32.8 Å². The van der Waals surface area contributed by atoms with Crippen molar-refractivity contribution in [2.24, 2.45) is 5.73 Å². The molecule has 0 saturated carbocycles. The van der Waals surface area contributed by atoms with Gasteiger partial charge in [-0.1, -0.05) is 48.0 Å². The summed E-state index contributed by atoms with van der Waals surface area (Å²) in [4.78, 5) is 42.5. The minimum Gasteiger partial charge on any atom is -0.378 e. The normalized spacial score (nSPS) is 17.8. The maximum absolute atomic E-state index is 13.6. The molecule has 4 N–H and O–H groups in total. The van der Waals surface area contributed by atoms with Crippen LogP contribution in [0.5, 0.6) is 0 Å². The van der Waals surface area contributed by atoms with Gasteiger partial charge in [0.25, 0.3) is 0 Å². The zero-order valence-corrected chi connectivity index (χ0v) is 25.0. The Labute approximate surface area is 251 Å². The van der Waals surface area contributed by atoms with Crippen LogP contribution in [-0.2, 0) is 48.0 Å². The van der Waals surface area contributed by atoms with Gasteiger partial charge in [-0.05, 0) is 48.1 Å². The number of sulfonamides is 1. The number of ether oxygens (including phenoxy) is 1. The van der Waals surface area contributed by atoms with E-state index in [1.807, 2.05) is 0 Å². The van der Waals surface area contributed by atoms with E-state index >= 15 is 0 Å². The number of halogens is 1. The van der Waals surface area contributed by atoms with Crippen LogP contribution in [0.1, 0.15) is 42.4 Å². The van der Waals surface area contributed by atoms with Crippen molar-refractivity contribution in [1.82, 2.24) is 19.8 Å². The smallest absolute Gasteiger partial charge is 0.243 e. The Morgan fingerprint density at radius 3 is 2.45 bits per heavy atom. The topological polar surface area (TPSA) is 151 Å². The highest BCUT2D eigenvalue weighted by Crippen LogP contribution is 2.22. The van der Waals surface area contributed by atoms with Crippen LogP contribution in [0.4, 0.5) is 0 Å². The Hall–Kier alpha value is -3.03. The standard InChI is InChI=1S/C29H38ClN5O6S/c30-24-10-9-22(18-31)23(17-24)19-32-28(37)26-11-12-35(26)29(38)25(7-4-8-27(36)34-13-15-41-16-14-34)33-42(39,40)20-21-5-2-1-3-6-21/h1-3,5-6,9-10,17,25-26,33H,4,7-8,11-16,18-20,31H2,(H,32,37)/t25-,26+/m1/s1. The number of nitrogens with two attached hydrogens (primary N) is 1. The Morgan fingerprint density at radius 2 is 1.79 bits per heavy atom. The highest BCUT2D eigenvalue weighted by atomic mass is 35.5. The third-order valence-electron chi connectivity index (χ3n) is 7.51. The molecule has 2 aliphatic rings. The molecule has 0 unspecified atom stereocenters. The van der Waals surface area contributed by atoms with Gasteiger partial charge in [0.2, 0.25) is 27.7 Å². The molecule has 2 aliphatic heterocycles. The Kier molecular flexibility index (Phi) is 11.3. The zero-order valence-electron chi connectivity index (χ0n) is 23.5. The van der Waals surface area contributed by atoms with Crippen LogP contribution >= 0.6 is 11.6 Å². The zero-order chi connectivity index (χ0) is 30.1. The van der Waals surface area contributed by atoms with Gasteiger partial charge in [-0.15, -0.1) is 0 Å².